The quantitative estimate of drug-likeness (QED) is 0.776. The summed E-state index contributed by atoms with van der Waals surface area (Å²) in [7, 11) is 0. The van der Waals surface area contributed by atoms with Crippen LogP contribution in [0.1, 0.15) is 41.5 Å². The monoisotopic (exact) mass is 256 g/mol. The predicted octanol–water partition coefficient (Wildman–Crippen LogP) is 3.56. The molecule has 3 nitrogen and oxygen atoms in total. The molecule has 0 aromatic heterocycles. The van der Waals surface area contributed by atoms with Gasteiger partial charge in [-0.2, -0.15) is 0 Å². The van der Waals surface area contributed by atoms with E-state index in [9.17, 15) is 9.59 Å². The summed E-state index contributed by atoms with van der Waals surface area (Å²) >= 11 is 0. The highest BCUT2D eigenvalue weighted by atomic mass is 16.5. The molecule has 0 saturated heterocycles. The lowest BCUT2D eigenvalue weighted by Gasteiger charge is -2.15. The molecule has 0 heterocycles. The van der Waals surface area contributed by atoms with Crippen LogP contribution >= 0.6 is 0 Å². The molecule has 0 fully saturated rings. The summed E-state index contributed by atoms with van der Waals surface area (Å²) < 4.78 is 5.49. The van der Waals surface area contributed by atoms with Gasteiger partial charge in [-0.1, -0.05) is 26.0 Å². The van der Waals surface area contributed by atoms with Crippen LogP contribution in [0, 0.1) is 5.92 Å². The van der Waals surface area contributed by atoms with Gasteiger partial charge in [0.2, 0.25) is 0 Å². The van der Waals surface area contributed by atoms with Gasteiger partial charge in [0.05, 0.1) is 11.8 Å². The van der Waals surface area contributed by atoms with E-state index in [1.54, 1.807) is 31.4 Å². The molecule has 98 valence electrons. The predicted molar refractivity (Wildman–Crippen MR) is 73.5 cm³/mol. The molecule has 1 aromatic rings. The minimum atomic E-state index is -0.180. The van der Waals surface area contributed by atoms with Crippen LogP contribution in [0.4, 0.5) is 0 Å². The zero-order valence-electron chi connectivity index (χ0n) is 11.3. The molecule has 0 bridgehead atoms. The Bertz CT molecular complexity index is 592. The van der Waals surface area contributed by atoms with Gasteiger partial charge in [-0.3, -0.25) is 9.59 Å². The number of Topliss-reactive ketones (excluding diaryl/α,β-unsaturated/α-hetero) is 1. The maximum absolute atomic E-state index is 12.0. The average molecular weight is 256 g/mol. The van der Waals surface area contributed by atoms with E-state index in [0.29, 0.717) is 28.4 Å². The van der Waals surface area contributed by atoms with Crippen LogP contribution in [-0.4, -0.2) is 11.6 Å². The molecule has 0 saturated carbocycles. The Morgan fingerprint density at radius 2 is 1.95 bits per heavy atom. The van der Waals surface area contributed by atoms with Crippen molar-refractivity contribution < 1.29 is 14.3 Å². The number of ketones is 2. The molecule has 1 aliphatic rings. The molecule has 0 spiro atoms. The first-order chi connectivity index (χ1) is 9.00. The summed E-state index contributed by atoms with van der Waals surface area (Å²) in [6, 6.07) is 5.08. The van der Waals surface area contributed by atoms with Gasteiger partial charge in [-0.15, -0.1) is 0 Å². The summed E-state index contributed by atoms with van der Waals surface area (Å²) in [4.78, 5) is 24.0. The van der Waals surface area contributed by atoms with Crippen LogP contribution in [0.15, 0.2) is 42.2 Å². The van der Waals surface area contributed by atoms with Gasteiger partial charge in [-0.25, -0.2) is 0 Å². The molecule has 0 amide bonds. The third-order valence-electron chi connectivity index (χ3n) is 2.88. The van der Waals surface area contributed by atoms with Gasteiger partial charge in [0.1, 0.15) is 5.75 Å². The minimum absolute atomic E-state index is 0.118. The zero-order valence-corrected chi connectivity index (χ0v) is 11.3. The molecule has 2 rings (SSSR count). The van der Waals surface area contributed by atoms with E-state index in [4.69, 9.17) is 4.74 Å². The van der Waals surface area contributed by atoms with Gasteiger partial charge in [-0.05, 0) is 31.1 Å². The van der Waals surface area contributed by atoms with E-state index in [1.165, 1.54) is 6.08 Å². The number of carbonyl (C=O) groups excluding carboxylic acids is 2. The standard InChI is InChI=1S/C16H16O3/c1-10(2)7-8-19-14-6-4-5-12-15(14)13(17)9-11(3)16(12)18/h4-10H,1-3H3. The van der Waals surface area contributed by atoms with Crippen molar-refractivity contribution in [3.8, 4) is 5.75 Å². The normalized spacial score (nSPS) is 14.8. The van der Waals surface area contributed by atoms with E-state index in [2.05, 4.69) is 0 Å². The van der Waals surface area contributed by atoms with E-state index < -0.39 is 0 Å². The number of allylic oxidation sites excluding steroid dienone is 3. The summed E-state index contributed by atoms with van der Waals surface area (Å²) in [5.74, 6) is 0.490. The highest BCUT2D eigenvalue weighted by Gasteiger charge is 2.26. The number of ether oxygens (including phenoxy) is 1. The van der Waals surface area contributed by atoms with Crippen molar-refractivity contribution in [2.75, 3.05) is 0 Å². The first-order valence-electron chi connectivity index (χ1n) is 6.24. The highest BCUT2D eigenvalue weighted by Crippen LogP contribution is 2.29. The summed E-state index contributed by atoms with van der Waals surface area (Å²) in [6.45, 7) is 5.71. The van der Waals surface area contributed by atoms with E-state index in [1.807, 2.05) is 19.9 Å². The molecular formula is C16H16O3. The second-order valence-corrected chi connectivity index (χ2v) is 4.89. The molecule has 0 atom stereocenters. The van der Waals surface area contributed by atoms with Crippen molar-refractivity contribution in [2.45, 2.75) is 20.8 Å². The van der Waals surface area contributed by atoms with Gasteiger partial charge < -0.3 is 4.74 Å². The van der Waals surface area contributed by atoms with E-state index in [0.717, 1.165) is 0 Å². The molecule has 19 heavy (non-hydrogen) atoms. The minimum Gasteiger partial charge on any atom is -0.465 e. The number of fused-ring (bicyclic) bond motifs is 1. The first kappa shape index (κ1) is 13.3. The molecule has 3 heteroatoms. The van der Waals surface area contributed by atoms with Gasteiger partial charge in [0.25, 0.3) is 0 Å². The number of carbonyl (C=O) groups is 2. The van der Waals surface area contributed by atoms with Gasteiger partial charge in [0, 0.05) is 11.1 Å². The maximum atomic E-state index is 12.0. The van der Waals surface area contributed by atoms with Gasteiger partial charge >= 0.3 is 0 Å². The largest absolute Gasteiger partial charge is 0.465 e. The fourth-order valence-corrected chi connectivity index (χ4v) is 1.89. The number of hydrogen-bond acceptors (Lipinski definition) is 3. The Balaban J connectivity index is 2.41. The molecule has 1 aromatic carbocycles. The number of hydrogen-bond donors (Lipinski definition) is 0. The van der Waals surface area contributed by atoms with Crippen LogP contribution in [-0.2, 0) is 0 Å². The van der Waals surface area contributed by atoms with Crippen LogP contribution in [0.5, 0.6) is 5.75 Å². The van der Waals surface area contributed by atoms with Gasteiger partial charge in [0.15, 0.2) is 11.6 Å². The lowest BCUT2D eigenvalue weighted by molar-refractivity contribution is 0.0982. The van der Waals surface area contributed by atoms with Crippen molar-refractivity contribution >= 4 is 11.6 Å². The number of rotatable bonds is 3. The van der Waals surface area contributed by atoms with Crippen molar-refractivity contribution in [1.29, 1.82) is 0 Å². The average Bonchev–Trinajstić information content (AvgIpc) is 2.35. The third-order valence-corrected chi connectivity index (χ3v) is 2.88. The lowest BCUT2D eigenvalue weighted by atomic mass is 9.90. The smallest absolute Gasteiger partial charge is 0.190 e. The van der Waals surface area contributed by atoms with Crippen molar-refractivity contribution in [1.82, 2.24) is 0 Å². The third kappa shape index (κ3) is 2.65. The Morgan fingerprint density at radius 1 is 1.21 bits per heavy atom. The van der Waals surface area contributed by atoms with Crippen molar-refractivity contribution in [2.24, 2.45) is 5.92 Å². The number of benzene rings is 1. The summed E-state index contributed by atoms with van der Waals surface area (Å²) in [5.41, 5.74) is 1.24. The van der Waals surface area contributed by atoms with E-state index >= 15 is 0 Å². The molecule has 0 radical (unpaired) electrons. The Morgan fingerprint density at radius 3 is 2.63 bits per heavy atom. The zero-order chi connectivity index (χ0) is 14.0. The van der Waals surface area contributed by atoms with Crippen LogP contribution in [0.25, 0.3) is 0 Å². The molecular weight excluding hydrogens is 240 g/mol. The Kier molecular flexibility index (Phi) is 3.65. The Hall–Kier alpha value is -2.16. The van der Waals surface area contributed by atoms with Crippen LogP contribution < -0.4 is 4.74 Å². The molecule has 1 aliphatic carbocycles. The van der Waals surface area contributed by atoms with E-state index in [-0.39, 0.29) is 11.6 Å². The molecule has 0 N–H and O–H groups in total. The topological polar surface area (TPSA) is 43.4 Å². The second kappa shape index (κ2) is 5.22. The fourth-order valence-electron chi connectivity index (χ4n) is 1.89. The second-order valence-electron chi connectivity index (χ2n) is 4.89. The fraction of sp³-hybridized carbons (Fsp3) is 0.250. The molecule has 0 unspecified atom stereocenters. The van der Waals surface area contributed by atoms with Crippen LogP contribution in [0.2, 0.25) is 0 Å². The molecule has 0 aliphatic heterocycles. The summed E-state index contributed by atoms with van der Waals surface area (Å²) in [5, 5.41) is 0. The summed E-state index contributed by atoms with van der Waals surface area (Å²) in [6.07, 6.45) is 4.81. The maximum Gasteiger partial charge on any atom is 0.190 e. The Labute approximate surface area is 112 Å². The lowest BCUT2D eigenvalue weighted by Crippen LogP contribution is -2.16. The van der Waals surface area contributed by atoms with Crippen LogP contribution in [0.3, 0.4) is 0 Å². The van der Waals surface area contributed by atoms with Crippen molar-refractivity contribution in [3.05, 3.63) is 53.3 Å². The highest BCUT2D eigenvalue weighted by molar-refractivity contribution is 6.25. The first-order valence-corrected chi connectivity index (χ1v) is 6.24. The SMILES string of the molecule is CC1=CC(=O)c2c(OC=CC(C)C)cccc2C1=O. The van der Waals surface area contributed by atoms with Crippen molar-refractivity contribution in [3.63, 3.8) is 0 Å².